The number of hydrogen-bond acceptors (Lipinski definition) is 2. The van der Waals surface area contributed by atoms with Crippen LogP contribution in [0.15, 0.2) is 24.3 Å². The Labute approximate surface area is 136 Å². The van der Waals surface area contributed by atoms with Crippen LogP contribution in [0.2, 0.25) is 4.34 Å². The number of benzene rings is 1. The highest BCUT2D eigenvalue weighted by Crippen LogP contribution is 2.39. The number of halogens is 2. The molecule has 1 aromatic heterocycles. The van der Waals surface area contributed by atoms with Gasteiger partial charge in [-0.3, -0.25) is 0 Å². The van der Waals surface area contributed by atoms with Crippen molar-refractivity contribution in [2.45, 2.75) is 32.2 Å². The Morgan fingerprint density at radius 1 is 1.37 bits per heavy atom. The largest absolute Gasteiger partial charge is 0.378 e. The van der Waals surface area contributed by atoms with E-state index in [0.717, 1.165) is 4.34 Å². The highest BCUT2D eigenvalue weighted by atomic mass is 127. The number of hydrogen-bond donors (Lipinski definition) is 1. The summed E-state index contributed by atoms with van der Waals surface area (Å²) in [5.41, 5.74) is 3.93. The molecule has 19 heavy (non-hydrogen) atoms. The lowest BCUT2D eigenvalue weighted by molar-refractivity contribution is 0.609. The molecule has 1 nitrogen and oxygen atoms in total. The average molecular weight is 404 g/mol. The zero-order valence-electron chi connectivity index (χ0n) is 10.7. The predicted molar refractivity (Wildman–Crippen MR) is 92.5 cm³/mol. The molecular weight excluding hydrogens is 389 g/mol. The highest BCUT2D eigenvalue weighted by molar-refractivity contribution is 14.1. The van der Waals surface area contributed by atoms with Crippen molar-refractivity contribution in [1.82, 2.24) is 0 Å². The molecule has 0 radical (unpaired) electrons. The zero-order chi connectivity index (χ0) is 13.4. The fourth-order valence-corrected chi connectivity index (χ4v) is 4.45. The smallest absolute Gasteiger partial charge is 0.0934 e. The fourth-order valence-electron chi connectivity index (χ4n) is 2.56. The van der Waals surface area contributed by atoms with E-state index in [1.165, 1.54) is 44.5 Å². The van der Waals surface area contributed by atoms with Gasteiger partial charge in [0.2, 0.25) is 0 Å². The summed E-state index contributed by atoms with van der Waals surface area (Å²) in [5.74, 6) is 0. The molecule has 1 N–H and O–H groups in total. The molecule has 0 saturated heterocycles. The Kier molecular flexibility index (Phi) is 4.06. The summed E-state index contributed by atoms with van der Waals surface area (Å²) < 4.78 is 2.22. The van der Waals surface area contributed by atoms with Gasteiger partial charge in [-0.05, 0) is 78.1 Å². The second-order valence-corrected chi connectivity index (χ2v) is 7.91. The van der Waals surface area contributed by atoms with Crippen molar-refractivity contribution in [2.24, 2.45) is 0 Å². The maximum Gasteiger partial charge on any atom is 0.0934 e. The van der Waals surface area contributed by atoms with Crippen LogP contribution in [0.1, 0.15) is 34.9 Å². The van der Waals surface area contributed by atoms with E-state index in [-0.39, 0.29) is 0 Å². The van der Waals surface area contributed by atoms with Gasteiger partial charge in [-0.25, -0.2) is 0 Å². The van der Waals surface area contributed by atoms with Gasteiger partial charge < -0.3 is 5.32 Å². The van der Waals surface area contributed by atoms with E-state index in [1.54, 1.807) is 11.3 Å². The molecule has 0 spiro atoms. The molecule has 1 heterocycles. The minimum absolute atomic E-state index is 0.408. The number of thiophene rings is 1. The summed E-state index contributed by atoms with van der Waals surface area (Å²) in [5, 5.41) is 3.66. The first kappa shape index (κ1) is 13.7. The standard InChI is InChI=1S/C15H15ClINS/c1-9-5-6-10(7-12(9)17)18-13-3-2-4-14-11(13)8-15(16)19-14/h5-8,13,18H,2-4H2,1H3. The number of fused-ring (bicyclic) bond motifs is 1. The van der Waals surface area contributed by atoms with Crippen LogP contribution in [-0.4, -0.2) is 0 Å². The van der Waals surface area contributed by atoms with Gasteiger partial charge in [-0.15, -0.1) is 11.3 Å². The molecule has 0 bridgehead atoms. The quantitative estimate of drug-likeness (QED) is 0.624. The van der Waals surface area contributed by atoms with Gasteiger partial charge in [0.1, 0.15) is 0 Å². The minimum Gasteiger partial charge on any atom is -0.378 e. The molecule has 0 aliphatic heterocycles. The normalized spacial score (nSPS) is 18.2. The molecule has 1 atom stereocenters. The van der Waals surface area contributed by atoms with Crippen molar-refractivity contribution < 1.29 is 0 Å². The Hall–Kier alpha value is -0.260. The second-order valence-electron chi connectivity index (χ2n) is 4.98. The van der Waals surface area contributed by atoms with E-state index >= 15 is 0 Å². The fraction of sp³-hybridized carbons (Fsp3) is 0.333. The van der Waals surface area contributed by atoms with Gasteiger partial charge in [0.15, 0.2) is 0 Å². The number of rotatable bonds is 2. The molecule has 3 rings (SSSR count). The lowest BCUT2D eigenvalue weighted by Gasteiger charge is -2.24. The SMILES string of the molecule is Cc1ccc(NC2CCCc3sc(Cl)cc32)cc1I. The van der Waals surface area contributed by atoms with E-state index < -0.39 is 0 Å². The molecule has 100 valence electrons. The first-order valence-electron chi connectivity index (χ1n) is 6.44. The van der Waals surface area contributed by atoms with Gasteiger partial charge >= 0.3 is 0 Å². The summed E-state index contributed by atoms with van der Waals surface area (Å²) in [6, 6.07) is 9.11. The van der Waals surface area contributed by atoms with Crippen molar-refractivity contribution in [3.8, 4) is 0 Å². The maximum atomic E-state index is 6.15. The molecule has 0 fully saturated rings. The van der Waals surface area contributed by atoms with Gasteiger partial charge in [-0.1, -0.05) is 17.7 Å². The Morgan fingerprint density at radius 2 is 2.21 bits per heavy atom. The minimum atomic E-state index is 0.408. The van der Waals surface area contributed by atoms with E-state index in [0.29, 0.717) is 6.04 Å². The van der Waals surface area contributed by atoms with Crippen LogP contribution in [0.4, 0.5) is 5.69 Å². The molecule has 1 aliphatic carbocycles. The first-order valence-corrected chi connectivity index (χ1v) is 8.71. The summed E-state index contributed by atoms with van der Waals surface area (Å²) in [7, 11) is 0. The summed E-state index contributed by atoms with van der Waals surface area (Å²) in [6.45, 7) is 2.14. The van der Waals surface area contributed by atoms with Crippen molar-refractivity contribution in [2.75, 3.05) is 5.32 Å². The number of aryl methyl sites for hydroxylation is 2. The lowest BCUT2D eigenvalue weighted by atomic mass is 9.94. The van der Waals surface area contributed by atoms with Crippen molar-refractivity contribution in [1.29, 1.82) is 0 Å². The second kappa shape index (κ2) is 5.62. The van der Waals surface area contributed by atoms with Crippen molar-refractivity contribution in [3.63, 3.8) is 0 Å². The number of anilines is 1. The molecule has 0 amide bonds. The molecule has 1 aliphatic rings. The van der Waals surface area contributed by atoms with Gasteiger partial charge in [0, 0.05) is 14.1 Å². The van der Waals surface area contributed by atoms with Crippen LogP contribution in [0.3, 0.4) is 0 Å². The molecule has 1 unspecified atom stereocenters. The highest BCUT2D eigenvalue weighted by Gasteiger charge is 2.22. The van der Waals surface area contributed by atoms with E-state index in [2.05, 4.69) is 59.1 Å². The van der Waals surface area contributed by atoms with E-state index in [9.17, 15) is 0 Å². The monoisotopic (exact) mass is 403 g/mol. The van der Waals surface area contributed by atoms with E-state index in [1.807, 2.05) is 0 Å². The Bertz CT molecular complexity index is 608. The average Bonchev–Trinajstić information content (AvgIpc) is 2.75. The van der Waals surface area contributed by atoms with Crippen LogP contribution in [0.5, 0.6) is 0 Å². The third-order valence-corrected chi connectivity index (χ3v) is 6.10. The predicted octanol–water partition coefficient (Wildman–Crippen LogP) is 5.80. The van der Waals surface area contributed by atoms with Crippen LogP contribution < -0.4 is 5.32 Å². The Balaban J connectivity index is 1.86. The van der Waals surface area contributed by atoms with E-state index in [4.69, 9.17) is 11.6 Å². The lowest BCUT2D eigenvalue weighted by Crippen LogP contribution is -2.15. The first-order chi connectivity index (χ1) is 9.13. The summed E-state index contributed by atoms with van der Waals surface area (Å²) in [4.78, 5) is 1.45. The van der Waals surface area contributed by atoms with Gasteiger partial charge in [-0.2, -0.15) is 0 Å². The van der Waals surface area contributed by atoms with Crippen LogP contribution in [0, 0.1) is 10.5 Å². The van der Waals surface area contributed by atoms with Gasteiger partial charge in [0.25, 0.3) is 0 Å². The molecule has 4 heteroatoms. The van der Waals surface area contributed by atoms with Crippen LogP contribution in [-0.2, 0) is 6.42 Å². The Morgan fingerprint density at radius 3 is 3.00 bits per heavy atom. The maximum absolute atomic E-state index is 6.15. The van der Waals surface area contributed by atoms with Gasteiger partial charge in [0.05, 0.1) is 10.4 Å². The topological polar surface area (TPSA) is 12.0 Å². The number of nitrogens with one attached hydrogen (secondary N) is 1. The summed E-state index contributed by atoms with van der Waals surface area (Å²) >= 11 is 10.3. The van der Waals surface area contributed by atoms with Crippen molar-refractivity contribution >= 4 is 51.2 Å². The molecule has 1 aromatic carbocycles. The molecule has 2 aromatic rings. The zero-order valence-corrected chi connectivity index (χ0v) is 14.4. The molecule has 0 saturated carbocycles. The summed E-state index contributed by atoms with van der Waals surface area (Å²) in [6.07, 6.45) is 3.60. The van der Waals surface area contributed by atoms with Crippen LogP contribution >= 0.6 is 45.5 Å². The van der Waals surface area contributed by atoms with Crippen LogP contribution in [0.25, 0.3) is 0 Å². The third kappa shape index (κ3) is 2.93. The molecular formula is C15H15ClINS. The third-order valence-electron chi connectivity index (χ3n) is 3.60. The van der Waals surface area contributed by atoms with Crippen molar-refractivity contribution in [3.05, 3.63) is 48.2 Å².